The van der Waals surface area contributed by atoms with Crippen LogP contribution in [0.1, 0.15) is 22.3 Å². The Morgan fingerprint density at radius 2 is 2.40 bits per heavy atom. The van der Waals surface area contributed by atoms with Crippen molar-refractivity contribution in [1.82, 2.24) is 9.97 Å². The van der Waals surface area contributed by atoms with Gasteiger partial charge in [0.05, 0.1) is 10.9 Å². The Labute approximate surface area is 107 Å². The van der Waals surface area contributed by atoms with E-state index in [1.807, 2.05) is 29.7 Å². The molecule has 1 aromatic rings. The molecular formula is C10H13BrN2S2. The predicted octanol–water partition coefficient (Wildman–Crippen LogP) is 3.20. The first kappa shape index (κ1) is 11.7. The highest BCUT2D eigenvalue weighted by Crippen LogP contribution is 2.35. The van der Waals surface area contributed by atoms with Crippen LogP contribution in [0.3, 0.4) is 0 Å². The maximum atomic E-state index is 4.62. The molecule has 0 aromatic carbocycles. The highest BCUT2D eigenvalue weighted by molar-refractivity contribution is 9.08. The van der Waals surface area contributed by atoms with Crippen LogP contribution < -0.4 is 0 Å². The lowest BCUT2D eigenvalue weighted by atomic mass is 10.2. The number of aryl methyl sites for hydroxylation is 1. The van der Waals surface area contributed by atoms with Gasteiger partial charge in [-0.25, -0.2) is 9.97 Å². The molecule has 2 rings (SSSR count). The van der Waals surface area contributed by atoms with Crippen LogP contribution >= 0.6 is 39.5 Å². The van der Waals surface area contributed by atoms with Gasteiger partial charge in [0.15, 0.2) is 0 Å². The van der Waals surface area contributed by atoms with Crippen molar-refractivity contribution in [3.8, 4) is 0 Å². The Balaban J connectivity index is 2.20. The fourth-order valence-corrected chi connectivity index (χ4v) is 4.59. The summed E-state index contributed by atoms with van der Waals surface area (Å²) in [7, 11) is 0. The van der Waals surface area contributed by atoms with E-state index in [4.69, 9.17) is 0 Å². The number of thioether (sulfide) groups is 2. The molecule has 2 heterocycles. The lowest BCUT2D eigenvalue weighted by molar-refractivity contribution is 0.889. The Hall–Kier alpha value is 0.260. The second-order valence-corrected chi connectivity index (χ2v) is 6.45. The van der Waals surface area contributed by atoms with Gasteiger partial charge in [0.1, 0.15) is 5.82 Å². The van der Waals surface area contributed by atoms with E-state index in [-0.39, 0.29) is 0 Å². The fourth-order valence-electron chi connectivity index (χ4n) is 1.42. The van der Waals surface area contributed by atoms with E-state index in [9.17, 15) is 0 Å². The van der Waals surface area contributed by atoms with E-state index in [2.05, 4.69) is 32.8 Å². The van der Waals surface area contributed by atoms with Crippen LogP contribution in [0, 0.1) is 6.92 Å². The minimum Gasteiger partial charge on any atom is -0.240 e. The number of nitrogens with zero attached hydrogens (tertiary/aromatic N) is 2. The van der Waals surface area contributed by atoms with Crippen LogP contribution in [0.25, 0.3) is 0 Å². The molecule has 1 unspecified atom stereocenters. The summed E-state index contributed by atoms with van der Waals surface area (Å²) >= 11 is 7.45. The molecule has 1 fully saturated rings. The molecule has 5 heteroatoms. The van der Waals surface area contributed by atoms with Crippen LogP contribution in [-0.2, 0) is 5.33 Å². The van der Waals surface area contributed by atoms with Crippen LogP contribution in [0.5, 0.6) is 0 Å². The van der Waals surface area contributed by atoms with Crippen molar-refractivity contribution >= 4 is 39.5 Å². The average molecular weight is 305 g/mol. The van der Waals surface area contributed by atoms with Gasteiger partial charge in [0, 0.05) is 28.8 Å². The van der Waals surface area contributed by atoms with E-state index in [0.29, 0.717) is 5.25 Å². The number of hydrogen-bond donors (Lipinski definition) is 0. The lowest BCUT2D eigenvalue weighted by Crippen LogP contribution is -2.11. The van der Waals surface area contributed by atoms with E-state index >= 15 is 0 Å². The normalized spacial score (nSPS) is 21.6. The van der Waals surface area contributed by atoms with E-state index in [1.54, 1.807) is 0 Å². The molecule has 0 bridgehead atoms. The topological polar surface area (TPSA) is 25.8 Å². The Bertz CT molecular complexity index is 340. The molecule has 1 aliphatic heterocycles. The number of rotatable bonds is 2. The summed E-state index contributed by atoms with van der Waals surface area (Å²) < 4.78 is 0. The van der Waals surface area contributed by atoms with Gasteiger partial charge in [-0.05, 0) is 12.5 Å². The van der Waals surface area contributed by atoms with Crippen molar-refractivity contribution in [2.45, 2.75) is 17.5 Å². The van der Waals surface area contributed by atoms with Crippen molar-refractivity contribution in [3.63, 3.8) is 0 Å². The Morgan fingerprint density at radius 1 is 1.53 bits per heavy atom. The molecule has 1 saturated heterocycles. The summed E-state index contributed by atoms with van der Waals surface area (Å²) in [6.45, 7) is 2.06. The second-order valence-electron chi connectivity index (χ2n) is 3.43. The number of hydrogen-bond acceptors (Lipinski definition) is 4. The Morgan fingerprint density at radius 3 is 3.07 bits per heavy atom. The second kappa shape index (κ2) is 5.55. The first-order valence-electron chi connectivity index (χ1n) is 4.89. The molecule has 0 spiro atoms. The van der Waals surface area contributed by atoms with Crippen LogP contribution in [-0.4, -0.2) is 27.2 Å². The minimum absolute atomic E-state index is 0.488. The first-order chi connectivity index (χ1) is 7.31. The summed E-state index contributed by atoms with van der Waals surface area (Å²) in [6, 6.07) is 0. The molecule has 0 aliphatic carbocycles. The zero-order valence-electron chi connectivity index (χ0n) is 8.57. The largest absolute Gasteiger partial charge is 0.240 e. The average Bonchev–Trinajstić information content (AvgIpc) is 2.31. The maximum absolute atomic E-state index is 4.62. The smallest absolute Gasteiger partial charge is 0.142 e. The molecule has 82 valence electrons. The molecule has 0 saturated carbocycles. The molecule has 1 aliphatic rings. The lowest BCUT2D eigenvalue weighted by Gasteiger charge is -2.20. The summed E-state index contributed by atoms with van der Waals surface area (Å²) in [4.78, 5) is 9.07. The number of halogens is 1. The van der Waals surface area contributed by atoms with Crippen LogP contribution in [0.2, 0.25) is 0 Å². The van der Waals surface area contributed by atoms with Gasteiger partial charge in [0.2, 0.25) is 0 Å². The van der Waals surface area contributed by atoms with Gasteiger partial charge < -0.3 is 0 Å². The SMILES string of the molecule is Cc1cnc(C2CSCCS2)nc1CBr. The zero-order valence-corrected chi connectivity index (χ0v) is 11.8. The molecule has 15 heavy (non-hydrogen) atoms. The first-order valence-corrected chi connectivity index (χ1v) is 8.21. The van der Waals surface area contributed by atoms with Crippen molar-refractivity contribution in [2.24, 2.45) is 0 Å². The monoisotopic (exact) mass is 304 g/mol. The van der Waals surface area contributed by atoms with Gasteiger partial charge in [-0.2, -0.15) is 11.8 Å². The maximum Gasteiger partial charge on any atom is 0.142 e. The van der Waals surface area contributed by atoms with Crippen LogP contribution in [0.4, 0.5) is 0 Å². The van der Waals surface area contributed by atoms with Gasteiger partial charge >= 0.3 is 0 Å². The van der Waals surface area contributed by atoms with E-state index in [1.165, 1.54) is 17.1 Å². The van der Waals surface area contributed by atoms with Gasteiger partial charge in [-0.15, -0.1) is 11.8 Å². The summed E-state index contributed by atoms with van der Waals surface area (Å²) in [5, 5.41) is 1.31. The van der Waals surface area contributed by atoms with Crippen molar-refractivity contribution in [1.29, 1.82) is 0 Å². The number of aromatic nitrogens is 2. The predicted molar refractivity (Wildman–Crippen MR) is 71.9 cm³/mol. The standard InChI is InChI=1S/C10H13BrN2S2/c1-7-5-12-10(13-8(7)4-11)9-6-14-2-3-15-9/h5,9H,2-4,6H2,1H3. The van der Waals surface area contributed by atoms with E-state index in [0.717, 1.165) is 22.6 Å². The zero-order chi connectivity index (χ0) is 10.7. The quantitative estimate of drug-likeness (QED) is 0.784. The van der Waals surface area contributed by atoms with Crippen molar-refractivity contribution in [2.75, 3.05) is 17.3 Å². The Kier molecular flexibility index (Phi) is 4.34. The third kappa shape index (κ3) is 2.88. The summed E-state index contributed by atoms with van der Waals surface area (Å²) in [6.07, 6.45) is 1.94. The molecule has 0 N–H and O–H groups in total. The molecule has 1 atom stereocenters. The fraction of sp³-hybridized carbons (Fsp3) is 0.600. The molecule has 0 amide bonds. The molecule has 2 nitrogen and oxygen atoms in total. The molecular weight excluding hydrogens is 292 g/mol. The third-order valence-corrected chi connectivity index (χ3v) is 5.61. The summed E-state index contributed by atoms with van der Waals surface area (Å²) in [5.74, 6) is 4.64. The van der Waals surface area contributed by atoms with Gasteiger partial charge in [-0.3, -0.25) is 0 Å². The minimum atomic E-state index is 0.488. The van der Waals surface area contributed by atoms with Gasteiger partial charge in [0.25, 0.3) is 0 Å². The molecule has 1 aromatic heterocycles. The third-order valence-electron chi connectivity index (χ3n) is 2.33. The van der Waals surface area contributed by atoms with E-state index < -0.39 is 0 Å². The van der Waals surface area contributed by atoms with Crippen LogP contribution in [0.15, 0.2) is 6.20 Å². The van der Waals surface area contributed by atoms with Gasteiger partial charge in [-0.1, -0.05) is 15.9 Å². The highest BCUT2D eigenvalue weighted by Gasteiger charge is 2.19. The van der Waals surface area contributed by atoms with Crippen molar-refractivity contribution in [3.05, 3.63) is 23.3 Å². The summed E-state index contributed by atoms with van der Waals surface area (Å²) in [5.41, 5.74) is 2.29. The molecule has 0 radical (unpaired) electrons. The number of alkyl halides is 1. The highest BCUT2D eigenvalue weighted by atomic mass is 79.9. The van der Waals surface area contributed by atoms with Crippen molar-refractivity contribution < 1.29 is 0 Å².